The van der Waals surface area contributed by atoms with Crippen LogP contribution in [0.3, 0.4) is 0 Å². The monoisotopic (exact) mass is 212 g/mol. The van der Waals surface area contributed by atoms with Crippen LogP contribution in [-0.4, -0.2) is 49.7 Å². The van der Waals surface area contributed by atoms with E-state index in [-0.39, 0.29) is 18.6 Å². The molecule has 2 rings (SSSR count). The molecule has 15 heavy (non-hydrogen) atoms. The fourth-order valence-corrected chi connectivity index (χ4v) is 2.19. The summed E-state index contributed by atoms with van der Waals surface area (Å²) in [4.78, 5) is 13.7. The zero-order valence-electron chi connectivity index (χ0n) is 9.21. The first-order chi connectivity index (χ1) is 7.36. The molecule has 0 bridgehead atoms. The molecule has 0 aliphatic carbocycles. The van der Waals surface area contributed by atoms with Crippen LogP contribution in [0.2, 0.25) is 0 Å². The maximum absolute atomic E-state index is 11.7. The summed E-state index contributed by atoms with van der Waals surface area (Å²) >= 11 is 0. The third-order valence-electron chi connectivity index (χ3n) is 3.17. The number of ether oxygens (including phenoxy) is 1. The van der Waals surface area contributed by atoms with Crippen molar-refractivity contribution in [3.8, 4) is 0 Å². The summed E-state index contributed by atoms with van der Waals surface area (Å²) in [6.45, 7) is 4.03. The molecule has 1 atom stereocenters. The van der Waals surface area contributed by atoms with Gasteiger partial charge >= 0.3 is 0 Å². The number of hydrogen-bond donors (Lipinski definition) is 1. The average molecular weight is 212 g/mol. The normalized spacial score (nSPS) is 26.9. The van der Waals surface area contributed by atoms with Gasteiger partial charge in [0.25, 0.3) is 0 Å². The van der Waals surface area contributed by atoms with Crippen molar-refractivity contribution in [1.82, 2.24) is 10.2 Å². The number of nitrogens with zero attached hydrogens (tertiary/aromatic N) is 1. The van der Waals surface area contributed by atoms with E-state index in [0.29, 0.717) is 0 Å². The lowest BCUT2D eigenvalue weighted by molar-refractivity contribution is -0.138. The lowest BCUT2D eigenvalue weighted by Gasteiger charge is -2.27. The molecule has 0 aromatic heterocycles. The van der Waals surface area contributed by atoms with E-state index in [2.05, 4.69) is 5.32 Å². The van der Waals surface area contributed by atoms with Crippen LogP contribution in [-0.2, 0) is 9.53 Å². The Morgan fingerprint density at radius 1 is 1.33 bits per heavy atom. The molecule has 0 aromatic carbocycles. The van der Waals surface area contributed by atoms with Crippen molar-refractivity contribution in [1.29, 1.82) is 0 Å². The van der Waals surface area contributed by atoms with Crippen LogP contribution >= 0.6 is 0 Å². The Balaban J connectivity index is 1.66. The quantitative estimate of drug-likeness (QED) is 0.735. The number of amides is 1. The van der Waals surface area contributed by atoms with E-state index >= 15 is 0 Å². The van der Waals surface area contributed by atoms with Gasteiger partial charge in [-0.1, -0.05) is 0 Å². The van der Waals surface area contributed by atoms with Crippen molar-refractivity contribution in [2.75, 3.05) is 32.8 Å². The first-order valence-corrected chi connectivity index (χ1v) is 5.96. The standard InChI is InChI=1S/C11H20N2O2/c14-11(13-6-2-1-3-7-13)9-15-10-4-5-12-8-10/h10,12H,1-9H2. The van der Waals surface area contributed by atoms with Gasteiger partial charge in [-0.3, -0.25) is 4.79 Å². The Bertz CT molecular complexity index is 209. The van der Waals surface area contributed by atoms with E-state index in [1.54, 1.807) is 0 Å². The van der Waals surface area contributed by atoms with Gasteiger partial charge in [0.15, 0.2) is 0 Å². The fourth-order valence-electron chi connectivity index (χ4n) is 2.19. The Hall–Kier alpha value is -0.610. The zero-order valence-corrected chi connectivity index (χ0v) is 9.21. The van der Waals surface area contributed by atoms with Crippen molar-refractivity contribution in [3.05, 3.63) is 0 Å². The Morgan fingerprint density at radius 2 is 2.13 bits per heavy atom. The fraction of sp³-hybridized carbons (Fsp3) is 0.909. The summed E-state index contributed by atoms with van der Waals surface area (Å²) in [5, 5.41) is 3.23. The van der Waals surface area contributed by atoms with Crippen LogP contribution in [0.15, 0.2) is 0 Å². The first kappa shape index (κ1) is 10.9. The summed E-state index contributed by atoms with van der Waals surface area (Å²) in [7, 11) is 0. The van der Waals surface area contributed by atoms with Crippen molar-refractivity contribution in [2.24, 2.45) is 0 Å². The second-order valence-corrected chi connectivity index (χ2v) is 4.37. The molecule has 1 amide bonds. The molecule has 4 nitrogen and oxygen atoms in total. The second-order valence-electron chi connectivity index (χ2n) is 4.37. The SMILES string of the molecule is O=C(COC1CCNC1)N1CCCCC1. The van der Waals surface area contributed by atoms with Gasteiger partial charge in [0.1, 0.15) is 6.61 Å². The van der Waals surface area contributed by atoms with E-state index in [1.165, 1.54) is 6.42 Å². The third-order valence-corrected chi connectivity index (χ3v) is 3.17. The van der Waals surface area contributed by atoms with E-state index < -0.39 is 0 Å². The van der Waals surface area contributed by atoms with Crippen molar-refractivity contribution >= 4 is 5.91 Å². The van der Waals surface area contributed by atoms with Crippen LogP contribution in [0.1, 0.15) is 25.7 Å². The van der Waals surface area contributed by atoms with Crippen LogP contribution in [0.25, 0.3) is 0 Å². The van der Waals surface area contributed by atoms with Crippen LogP contribution in [0.4, 0.5) is 0 Å². The number of rotatable bonds is 3. The van der Waals surface area contributed by atoms with Crippen LogP contribution in [0.5, 0.6) is 0 Å². The van der Waals surface area contributed by atoms with Gasteiger partial charge in [0.05, 0.1) is 6.10 Å². The molecule has 2 fully saturated rings. The van der Waals surface area contributed by atoms with Gasteiger partial charge < -0.3 is 15.0 Å². The number of piperidine rings is 1. The van der Waals surface area contributed by atoms with Crippen molar-refractivity contribution in [2.45, 2.75) is 31.8 Å². The second kappa shape index (κ2) is 5.47. The topological polar surface area (TPSA) is 41.6 Å². The molecule has 0 saturated carbocycles. The molecular formula is C11H20N2O2. The largest absolute Gasteiger partial charge is 0.367 e. The molecular weight excluding hydrogens is 192 g/mol. The highest BCUT2D eigenvalue weighted by molar-refractivity contribution is 5.77. The number of likely N-dealkylation sites (tertiary alicyclic amines) is 1. The summed E-state index contributed by atoms with van der Waals surface area (Å²) in [5.41, 5.74) is 0. The summed E-state index contributed by atoms with van der Waals surface area (Å²) < 4.78 is 5.56. The number of hydrogen-bond acceptors (Lipinski definition) is 3. The third kappa shape index (κ3) is 3.18. The van der Waals surface area contributed by atoms with Gasteiger partial charge in [0.2, 0.25) is 5.91 Å². The van der Waals surface area contributed by atoms with Crippen LogP contribution < -0.4 is 5.32 Å². The molecule has 2 heterocycles. The molecule has 4 heteroatoms. The molecule has 0 radical (unpaired) electrons. The van der Waals surface area contributed by atoms with Gasteiger partial charge in [-0.2, -0.15) is 0 Å². The predicted molar refractivity (Wildman–Crippen MR) is 57.7 cm³/mol. The lowest BCUT2D eigenvalue weighted by Crippen LogP contribution is -2.38. The predicted octanol–water partition coefficient (Wildman–Crippen LogP) is 0.377. The van der Waals surface area contributed by atoms with E-state index in [9.17, 15) is 4.79 Å². The molecule has 2 saturated heterocycles. The van der Waals surface area contributed by atoms with Crippen molar-refractivity contribution < 1.29 is 9.53 Å². The Labute approximate surface area is 91.0 Å². The average Bonchev–Trinajstić information content (AvgIpc) is 2.80. The van der Waals surface area contributed by atoms with E-state index in [1.807, 2.05) is 4.90 Å². The molecule has 1 unspecified atom stereocenters. The van der Waals surface area contributed by atoms with Crippen molar-refractivity contribution in [3.63, 3.8) is 0 Å². The van der Waals surface area contributed by atoms with Crippen LogP contribution in [0, 0.1) is 0 Å². The minimum atomic E-state index is 0.168. The first-order valence-electron chi connectivity index (χ1n) is 5.96. The molecule has 2 aliphatic rings. The number of nitrogens with one attached hydrogen (secondary N) is 1. The highest BCUT2D eigenvalue weighted by Gasteiger charge is 2.20. The highest BCUT2D eigenvalue weighted by atomic mass is 16.5. The molecule has 86 valence electrons. The van der Waals surface area contributed by atoms with E-state index in [0.717, 1.165) is 45.4 Å². The molecule has 1 N–H and O–H groups in total. The van der Waals surface area contributed by atoms with Gasteiger partial charge in [0, 0.05) is 19.6 Å². The highest BCUT2D eigenvalue weighted by Crippen LogP contribution is 2.09. The van der Waals surface area contributed by atoms with E-state index in [4.69, 9.17) is 4.74 Å². The summed E-state index contributed by atoms with van der Waals surface area (Å²) in [5.74, 6) is 0.168. The maximum atomic E-state index is 11.7. The van der Waals surface area contributed by atoms with Gasteiger partial charge in [-0.05, 0) is 32.2 Å². The zero-order chi connectivity index (χ0) is 10.5. The molecule has 0 aromatic rings. The number of carbonyl (C=O) groups excluding carboxylic acids is 1. The maximum Gasteiger partial charge on any atom is 0.248 e. The minimum absolute atomic E-state index is 0.168. The summed E-state index contributed by atoms with van der Waals surface area (Å²) in [6, 6.07) is 0. The smallest absolute Gasteiger partial charge is 0.248 e. The lowest BCUT2D eigenvalue weighted by atomic mass is 10.1. The number of carbonyl (C=O) groups is 1. The minimum Gasteiger partial charge on any atom is -0.367 e. The molecule has 2 aliphatic heterocycles. The van der Waals surface area contributed by atoms with Gasteiger partial charge in [-0.15, -0.1) is 0 Å². The summed E-state index contributed by atoms with van der Waals surface area (Å²) in [6.07, 6.45) is 4.84. The van der Waals surface area contributed by atoms with Gasteiger partial charge in [-0.25, -0.2) is 0 Å². The molecule has 0 spiro atoms. The Morgan fingerprint density at radius 3 is 2.80 bits per heavy atom. The Kier molecular flexibility index (Phi) is 3.97.